The number of anilines is 2. The molecule has 2 aromatic rings. The Morgan fingerprint density at radius 2 is 2.00 bits per heavy atom. The second-order valence-electron chi connectivity index (χ2n) is 4.78. The lowest BCUT2D eigenvalue weighted by Gasteiger charge is -2.11. The third-order valence-electron chi connectivity index (χ3n) is 3.04. The van der Waals surface area contributed by atoms with Crippen molar-refractivity contribution < 1.29 is 0 Å². The number of nitrogens with zero attached hydrogens (tertiary/aromatic N) is 3. The van der Waals surface area contributed by atoms with Crippen LogP contribution < -0.4 is 11.1 Å². The summed E-state index contributed by atoms with van der Waals surface area (Å²) < 4.78 is 0. The smallest absolute Gasteiger partial charge is 0.134 e. The summed E-state index contributed by atoms with van der Waals surface area (Å²) in [5, 5.41) is 6.55. The van der Waals surface area contributed by atoms with E-state index in [1.807, 2.05) is 13.8 Å². The molecule has 0 aliphatic heterocycles. The summed E-state index contributed by atoms with van der Waals surface area (Å²) in [4.78, 5) is 13.3. The van der Waals surface area contributed by atoms with E-state index in [2.05, 4.69) is 32.6 Å². The molecule has 0 saturated carbocycles. The van der Waals surface area contributed by atoms with E-state index in [1.54, 1.807) is 11.3 Å². The Morgan fingerprint density at radius 1 is 1.20 bits per heavy atom. The molecule has 3 N–H and O–H groups in total. The van der Waals surface area contributed by atoms with E-state index in [9.17, 15) is 0 Å². The maximum absolute atomic E-state index is 5.94. The van der Waals surface area contributed by atoms with E-state index in [4.69, 9.17) is 5.73 Å². The van der Waals surface area contributed by atoms with Gasteiger partial charge in [-0.2, -0.15) is 0 Å². The molecule has 0 unspecified atom stereocenters. The topological polar surface area (TPSA) is 76.7 Å². The zero-order chi connectivity index (χ0) is 14.5. The SMILES string of the molecule is CCCc1nc(N)c(C)c(NCCc2csc(C)n2)n1. The average molecular weight is 291 g/mol. The number of hydrogen-bond donors (Lipinski definition) is 2. The van der Waals surface area contributed by atoms with Gasteiger partial charge in [0.2, 0.25) is 0 Å². The summed E-state index contributed by atoms with van der Waals surface area (Å²) in [7, 11) is 0. The molecule has 0 saturated heterocycles. The summed E-state index contributed by atoms with van der Waals surface area (Å²) >= 11 is 1.68. The van der Waals surface area contributed by atoms with E-state index in [0.717, 1.165) is 53.7 Å². The third kappa shape index (κ3) is 3.66. The zero-order valence-electron chi connectivity index (χ0n) is 12.2. The molecule has 0 bridgehead atoms. The molecule has 2 rings (SSSR count). The van der Waals surface area contributed by atoms with E-state index in [0.29, 0.717) is 5.82 Å². The maximum atomic E-state index is 5.94. The van der Waals surface area contributed by atoms with Crippen molar-refractivity contribution in [1.82, 2.24) is 15.0 Å². The van der Waals surface area contributed by atoms with Crippen molar-refractivity contribution >= 4 is 23.0 Å². The van der Waals surface area contributed by atoms with Gasteiger partial charge in [0.15, 0.2) is 0 Å². The van der Waals surface area contributed by atoms with Crippen molar-refractivity contribution in [1.29, 1.82) is 0 Å². The van der Waals surface area contributed by atoms with Gasteiger partial charge in [-0.1, -0.05) is 6.92 Å². The molecule has 6 heteroatoms. The second-order valence-corrected chi connectivity index (χ2v) is 5.85. The largest absolute Gasteiger partial charge is 0.383 e. The lowest BCUT2D eigenvalue weighted by molar-refractivity contribution is 0.831. The molecular formula is C14H21N5S. The molecule has 20 heavy (non-hydrogen) atoms. The van der Waals surface area contributed by atoms with Crippen LogP contribution in [0.4, 0.5) is 11.6 Å². The number of nitrogens with two attached hydrogens (primary N) is 1. The van der Waals surface area contributed by atoms with E-state index >= 15 is 0 Å². The minimum Gasteiger partial charge on any atom is -0.383 e. The highest BCUT2D eigenvalue weighted by Gasteiger charge is 2.08. The molecule has 5 nitrogen and oxygen atoms in total. The number of hydrogen-bond acceptors (Lipinski definition) is 6. The predicted octanol–water partition coefficient (Wildman–Crippen LogP) is 2.74. The lowest BCUT2D eigenvalue weighted by atomic mass is 10.2. The normalized spacial score (nSPS) is 10.8. The molecule has 0 spiro atoms. The molecule has 2 aromatic heterocycles. The highest BCUT2D eigenvalue weighted by atomic mass is 32.1. The zero-order valence-corrected chi connectivity index (χ0v) is 13.0. The van der Waals surface area contributed by atoms with Gasteiger partial charge in [-0.25, -0.2) is 15.0 Å². The van der Waals surface area contributed by atoms with Gasteiger partial charge in [0, 0.05) is 30.3 Å². The summed E-state index contributed by atoms with van der Waals surface area (Å²) in [5.74, 6) is 2.21. The third-order valence-corrected chi connectivity index (χ3v) is 3.87. The van der Waals surface area contributed by atoms with Crippen LogP contribution in [0.2, 0.25) is 0 Å². The minimum atomic E-state index is 0.565. The Kier molecular flexibility index (Phi) is 4.89. The average Bonchev–Trinajstić information content (AvgIpc) is 2.81. The number of nitrogen functional groups attached to an aromatic ring is 1. The van der Waals surface area contributed by atoms with Crippen LogP contribution in [-0.4, -0.2) is 21.5 Å². The highest BCUT2D eigenvalue weighted by molar-refractivity contribution is 7.09. The summed E-state index contributed by atoms with van der Waals surface area (Å²) in [6, 6.07) is 0. The summed E-state index contributed by atoms with van der Waals surface area (Å²) in [6.45, 7) is 6.87. The number of rotatable bonds is 6. The molecular weight excluding hydrogens is 270 g/mol. The first-order valence-electron chi connectivity index (χ1n) is 6.88. The monoisotopic (exact) mass is 291 g/mol. The first kappa shape index (κ1) is 14.7. The van der Waals surface area contributed by atoms with Crippen LogP contribution in [-0.2, 0) is 12.8 Å². The van der Waals surface area contributed by atoms with Crippen LogP contribution >= 0.6 is 11.3 Å². The molecule has 108 valence electrons. The van der Waals surface area contributed by atoms with Crippen LogP contribution in [0, 0.1) is 13.8 Å². The minimum absolute atomic E-state index is 0.565. The predicted molar refractivity (Wildman–Crippen MR) is 84.2 cm³/mol. The Bertz CT molecular complexity index is 579. The summed E-state index contributed by atoms with van der Waals surface area (Å²) in [5.41, 5.74) is 7.97. The molecule has 0 aliphatic rings. The van der Waals surface area contributed by atoms with Gasteiger partial charge in [-0.05, 0) is 20.3 Å². The van der Waals surface area contributed by atoms with E-state index in [-0.39, 0.29) is 0 Å². The van der Waals surface area contributed by atoms with Crippen molar-refractivity contribution in [2.45, 2.75) is 40.0 Å². The van der Waals surface area contributed by atoms with Crippen molar-refractivity contribution in [3.05, 3.63) is 27.5 Å². The molecule has 0 fully saturated rings. The molecule has 0 radical (unpaired) electrons. The summed E-state index contributed by atoms with van der Waals surface area (Å²) in [6.07, 6.45) is 2.75. The standard InChI is InChI=1S/C14H21N5S/c1-4-5-12-18-13(15)9(2)14(19-12)16-7-6-11-8-20-10(3)17-11/h8H,4-7H2,1-3H3,(H3,15,16,18,19). The number of thiazole rings is 1. The van der Waals surface area contributed by atoms with Gasteiger partial charge in [-0.3, -0.25) is 0 Å². The Labute approximate surface area is 123 Å². The van der Waals surface area contributed by atoms with Crippen molar-refractivity contribution in [2.24, 2.45) is 0 Å². The Hall–Kier alpha value is -1.69. The van der Waals surface area contributed by atoms with Crippen LogP contribution in [0.3, 0.4) is 0 Å². The quantitative estimate of drug-likeness (QED) is 0.855. The number of aryl methyl sites for hydroxylation is 2. The van der Waals surface area contributed by atoms with Gasteiger partial charge < -0.3 is 11.1 Å². The first-order chi connectivity index (χ1) is 9.60. The van der Waals surface area contributed by atoms with Gasteiger partial charge in [0.05, 0.1) is 10.7 Å². The van der Waals surface area contributed by atoms with Crippen molar-refractivity contribution in [2.75, 3.05) is 17.6 Å². The van der Waals surface area contributed by atoms with E-state index in [1.165, 1.54) is 0 Å². The fraction of sp³-hybridized carbons (Fsp3) is 0.500. The fourth-order valence-electron chi connectivity index (χ4n) is 1.92. The maximum Gasteiger partial charge on any atom is 0.134 e. The van der Waals surface area contributed by atoms with Gasteiger partial charge in [0.1, 0.15) is 17.5 Å². The second kappa shape index (κ2) is 6.65. The van der Waals surface area contributed by atoms with Crippen LogP contribution in [0.15, 0.2) is 5.38 Å². The molecule has 0 aromatic carbocycles. The molecule has 0 amide bonds. The van der Waals surface area contributed by atoms with Gasteiger partial charge in [0.25, 0.3) is 0 Å². The van der Waals surface area contributed by atoms with E-state index < -0.39 is 0 Å². The molecule has 2 heterocycles. The van der Waals surface area contributed by atoms with Crippen molar-refractivity contribution in [3.8, 4) is 0 Å². The lowest BCUT2D eigenvalue weighted by Crippen LogP contribution is -2.12. The Morgan fingerprint density at radius 3 is 2.65 bits per heavy atom. The molecule has 0 atom stereocenters. The van der Waals surface area contributed by atoms with Gasteiger partial charge >= 0.3 is 0 Å². The fourth-order valence-corrected chi connectivity index (χ4v) is 2.57. The van der Waals surface area contributed by atoms with Crippen LogP contribution in [0.1, 0.15) is 35.4 Å². The highest BCUT2D eigenvalue weighted by Crippen LogP contribution is 2.18. The van der Waals surface area contributed by atoms with Crippen molar-refractivity contribution in [3.63, 3.8) is 0 Å². The van der Waals surface area contributed by atoms with Crippen LogP contribution in [0.5, 0.6) is 0 Å². The van der Waals surface area contributed by atoms with Crippen LogP contribution in [0.25, 0.3) is 0 Å². The number of aromatic nitrogens is 3. The van der Waals surface area contributed by atoms with Gasteiger partial charge in [-0.15, -0.1) is 11.3 Å². The Balaban J connectivity index is 2.01. The number of nitrogens with one attached hydrogen (secondary N) is 1. The first-order valence-corrected chi connectivity index (χ1v) is 7.76. The molecule has 0 aliphatic carbocycles.